The molecule has 0 aromatic carbocycles. The molecule has 7 heteroatoms. The molecule has 2 amide bonds. The maximum absolute atomic E-state index is 11.5. The van der Waals surface area contributed by atoms with Crippen LogP contribution < -0.4 is 15.8 Å². The summed E-state index contributed by atoms with van der Waals surface area (Å²) in [6.07, 6.45) is 0. The predicted octanol–water partition coefficient (Wildman–Crippen LogP) is -0.599. The minimum Gasteiger partial charge on any atom is -0.505 e. The molecule has 0 radical (unpaired) electrons. The van der Waals surface area contributed by atoms with Crippen molar-refractivity contribution in [3.05, 3.63) is 17.8 Å². The topological polar surface area (TPSA) is 115 Å². The first-order chi connectivity index (χ1) is 8.08. The van der Waals surface area contributed by atoms with Crippen molar-refractivity contribution in [1.29, 1.82) is 0 Å². The van der Waals surface area contributed by atoms with Crippen LogP contribution >= 0.6 is 0 Å². The van der Waals surface area contributed by atoms with Crippen LogP contribution in [-0.4, -0.2) is 35.1 Å². The van der Waals surface area contributed by atoms with Gasteiger partial charge in [-0.15, -0.1) is 0 Å². The van der Waals surface area contributed by atoms with E-state index in [1.165, 1.54) is 12.1 Å². The number of nitrogens with one attached hydrogen (secondary N) is 1. The number of amides is 2. The molecule has 0 bridgehead atoms. The number of hydrogen-bond donors (Lipinski definition) is 3. The highest BCUT2D eigenvalue weighted by Gasteiger charge is 2.16. The van der Waals surface area contributed by atoms with E-state index in [1.807, 2.05) is 5.32 Å². The summed E-state index contributed by atoms with van der Waals surface area (Å²) in [7, 11) is 0. The molecule has 0 unspecified atom stereocenters. The van der Waals surface area contributed by atoms with Crippen molar-refractivity contribution in [3.8, 4) is 11.6 Å². The van der Waals surface area contributed by atoms with Gasteiger partial charge in [0, 0.05) is 6.07 Å². The zero-order valence-electron chi connectivity index (χ0n) is 9.27. The van der Waals surface area contributed by atoms with Crippen LogP contribution in [0.5, 0.6) is 11.6 Å². The fourth-order valence-electron chi connectivity index (χ4n) is 1.07. The summed E-state index contributed by atoms with van der Waals surface area (Å²) in [6.45, 7) is 1.81. The molecule has 4 N–H and O–H groups in total. The maximum Gasteiger partial charge on any atom is 0.280 e. The number of imide groups is 1. The van der Waals surface area contributed by atoms with E-state index in [-0.39, 0.29) is 23.9 Å². The highest BCUT2D eigenvalue weighted by Crippen LogP contribution is 2.18. The van der Waals surface area contributed by atoms with Gasteiger partial charge in [0.15, 0.2) is 5.69 Å². The van der Waals surface area contributed by atoms with Crippen LogP contribution in [0.3, 0.4) is 0 Å². The number of carbonyl (C=O) groups excluding carboxylic acids is 2. The maximum atomic E-state index is 11.5. The normalized spacial score (nSPS) is 9.76. The second-order valence-electron chi connectivity index (χ2n) is 3.03. The number of ether oxygens (including phenoxy) is 1. The lowest BCUT2D eigenvalue weighted by Gasteiger charge is -2.06. The number of rotatable bonds is 4. The molecule has 1 aromatic heterocycles. The Labute approximate surface area is 97.6 Å². The van der Waals surface area contributed by atoms with Crippen LogP contribution in [0.1, 0.15) is 17.4 Å². The summed E-state index contributed by atoms with van der Waals surface area (Å²) in [6, 6.07) is 2.68. The van der Waals surface area contributed by atoms with Gasteiger partial charge in [0.2, 0.25) is 11.8 Å². The van der Waals surface area contributed by atoms with E-state index in [2.05, 4.69) is 4.98 Å². The van der Waals surface area contributed by atoms with Crippen molar-refractivity contribution in [2.75, 3.05) is 13.2 Å². The molecule has 92 valence electrons. The fraction of sp³-hybridized carbons (Fsp3) is 0.300. The van der Waals surface area contributed by atoms with Gasteiger partial charge in [0.1, 0.15) is 5.75 Å². The largest absolute Gasteiger partial charge is 0.505 e. The summed E-state index contributed by atoms with van der Waals surface area (Å²) < 4.78 is 5.07. The summed E-state index contributed by atoms with van der Waals surface area (Å²) >= 11 is 0. The van der Waals surface area contributed by atoms with E-state index in [0.29, 0.717) is 6.61 Å². The molecule has 0 aliphatic heterocycles. The molecular weight excluding hydrogens is 226 g/mol. The minimum atomic E-state index is -0.820. The monoisotopic (exact) mass is 239 g/mol. The predicted molar refractivity (Wildman–Crippen MR) is 58.6 cm³/mol. The van der Waals surface area contributed by atoms with Gasteiger partial charge in [-0.25, -0.2) is 4.98 Å². The van der Waals surface area contributed by atoms with Crippen molar-refractivity contribution >= 4 is 11.8 Å². The van der Waals surface area contributed by atoms with E-state index in [1.54, 1.807) is 6.92 Å². The first-order valence-corrected chi connectivity index (χ1v) is 4.95. The molecule has 0 saturated heterocycles. The summed E-state index contributed by atoms with van der Waals surface area (Å²) in [5, 5.41) is 11.4. The Kier molecular flexibility index (Phi) is 4.41. The van der Waals surface area contributed by atoms with E-state index >= 15 is 0 Å². The van der Waals surface area contributed by atoms with Crippen molar-refractivity contribution in [2.45, 2.75) is 6.92 Å². The lowest BCUT2D eigenvalue weighted by Crippen LogP contribution is -2.35. The highest BCUT2D eigenvalue weighted by molar-refractivity contribution is 6.05. The van der Waals surface area contributed by atoms with Crippen LogP contribution in [0, 0.1) is 0 Å². The number of pyridine rings is 1. The van der Waals surface area contributed by atoms with E-state index < -0.39 is 11.8 Å². The molecule has 7 nitrogen and oxygen atoms in total. The van der Waals surface area contributed by atoms with Gasteiger partial charge in [0.05, 0.1) is 13.2 Å². The summed E-state index contributed by atoms with van der Waals surface area (Å²) in [5.41, 5.74) is 4.76. The van der Waals surface area contributed by atoms with Crippen molar-refractivity contribution in [1.82, 2.24) is 10.3 Å². The van der Waals surface area contributed by atoms with Crippen LogP contribution in [0.15, 0.2) is 12.1 Å². The number of carbonyl (C=O) groups is 2. The van der Waals surface area contributed by atoms with Crippen LogP contribution in [0.2, 0.25) is 0 Å². The van der Waals surface area contributed by atoms with E-state index in [4.69, 9.17) is 10.5 Å². The van der Waals surface area contributed by atoms with Crippen LogP contribution in [0.25, 0.3) is 0 Å². The molecule has 0 spiro atoms. The molecule has 0 aliphatic rings. The molecule has 0 saturated carbocycles. The Morgan fingerprint density at radius 1 is 1.53 bits per heavy atom. The third kappa shape index (κ3) is 3.42. The standard InChI is InChI=1S/C10H13N3O4/c1-2-17-8-4-3-6(14)9(13-8)10(16)12-7(15)5-11/h3-4,14H,2,5,11H2,1H3,(H,12,15,16). The quantitative estimate of drug-likeness (QED) is 0.646. The number of hydrogen-bond acceptors (Lipinski definition) is 6. The first-order valence-electron chi connectivity index (χ1n) is 4.95. The highest BCUT2D eigenvalue weighted by atomic mass is 16.5. The van der Waals surface area contributed by atoms with E-state index in [0.717, 1.165) is 0 Å². The summed E-state index contributed by atoms with van der Waals surface area (Å²) in [4.78, 5) is 26.2. The van der Waals surface area contributed by atoms with Gasteiger partial charge < -0.3 is 15.6 Å². The second-order valence-corrected chi connectivity index (χ2v) is 3.03. The van der Waals surface area contributed by atoms with Gasteiger partial charge in [-0.05, 0) is 13.0 Å². The van der Waals surface area contributed by atoms with Crippen LogP contribution in [0.4, 0.5) is 0 Å². The van der Waals surface area contributed by atoms with Crippen molar-refractivity contribution < 1.29 is 19.4 Å². The Balaban J connectivity index is 2.91. The first kappa shape index (κ1) is 12.9. The molecular formula is C10H13N3O4. The van der Waals surface area contributed by atoms with Gasteiger partial charge >= 0.3 is 0 Å². The average molecular weight is 239 g/mol. The summed E-state index contributed by atoms with van der Waals surface area (Å²) in [5.74, 6) is -1.62. The molecule has 1 heterocycles. The SMILES string of the molecule is CCOc1ccc(O)c(C(=O)NC(=O)CN)n1. The number of nitrogens with two attached hydrogens (primary N) is 1. The molecule has 1 aromatic rings. The van der Waals surface area contributed by atoms with Crippen molar-refractivity contribution in [3.63, 3.8) is 0 Å². The molecule has 0 fully saturated rings. The Hall–Kier alpha value is -2.15. The van der Waals surface area contributed by atoms with Gasteiger partial charge in [-0.2, -0.15) is 0 Å². The third-order valence-corrected chi connectivity index (χ3v) is 1.79. The second kappa shape index (κ2) is 5.80. The van der Waals surface area contributed by atoms with Crippen LogP contribution in [-0.2, 0) is 4.79 Å². The lowest BCUT2D eigenvalue weighted by molar-refractivity contribution is -0.118. The van der Waals surface area contributed by atoms with Gasteiger partial charge in [-0.3, -0.25) is 14.9 Å². The Bertz CT molecular complexity index is 434. The average Bonchev–Trinajstić information content (AvgIpc) is 2.31. The minimum absolute atomic E-state index is 0.190. The van der Waals surface area contributed by atoms with Gasteiger partial charge in [-0.1, -0.05) is 0 Å². The Morgan fingerprint density at radius 3 is 2.82 bits per heavy atom. The molecule has 17 heavy (non-hydrogen) atoms. The zero-order chi connectivity index (χ0) is 12.8. The molecule has 0 aliphatic carbocycles. The molecule has 0 atom stereocenters. The number of aromatic hydroxyl groups is 1. The van der Waals surface area contributed by atoms with Gasteiger partial charge in [0.25, 0.3) is 5.91 Å². The van der Waals surface area contributed by atoms with E-state index in [9.17, 15) is 14.7 Å². The van der Waals surface area contributed by atoms with Crippen molar-refractivity contribution in [2.24, 2.45) is 5.73 Å². The number of nitrogens with zero attached hydrogens (tertiary/aromatic N) is 1. The zero-order valence-corrected chi connectivity index (χ0v) is 9.27. The molecule has 1 rings (SSSR count). The lowest BCUT2D eigenvalue weighted by atomic mass is 10.3. The fourth-order valence-corrected chi connectivity index (χ4v) is 1.07. The Morgan fingerprint density at radius 2 is 2.24 bits per heavy atom. The number of aromatic nitrogens is 1. The smallest absolute Gasteiger partial charge is 0.280 e. The third-order valence-electron chi connectivity index (χ3n) is 1.79.